The Balaban J connectivity index is 1.79. The maximum Gasteiger partial charge on any atom is 0.314 e. The molecule has 0 atom stereocenters. The molecule has 0 saturated carbocycles. The average molecular weight is 379 g/mol. The van der Waals surface area contributed by atoms with Gasteiger partial charge in [0, 0.05) is 24.1 Å². The molecule has 120 valence electrons. The van der Waals surface area contributed by atoms with Crippen LogP contribution in [0.2, 0.25) is 0 Å². The summed E-state index contributed by atoms with van der Waals surface area (Å²) in [7, 11) is 0. The van der Waals surface area contributed by atoms with Crippen molar-refractivity contribution in [3.05, 3.63) is 33.8 Å². The molecule has 0 aromatic heterocycles. The predicted octanol–water partition coefficient (Wildman–Crippen LogP) is 1.65. The van der Waals surface area contributed by atoms with Gasteiger partial charge in [-0.25, -0.2) is 4.79 Å². The molecule has 2 N–H and O–H groups in total. The standard InChI is InChI=1S/C15H15BrN4O3/c16-10-3-4-11-12(9-10)14(22)20(13(11)21)8-2-7-19-15(23)18-6-1-5-17/h3-4,9H,1-2,6-8H2,(H2,18,19,23). The monoisotopic (exact) mass is 378 g/mol. The van der Waals surface area contributed by atoms with E-state index in [2.05, 4.69) is 26.6 Å². The summed E-state index contributed by atoms with van der Waals surface area (Å²) in [5.41, 5.74) is 0.798. The lowest BCUT2D eigenvalue weighted by molar-refractivity contribution is 0.0653. The molecule has 2 rings (SSSR count). The molecule has 0 unspecified atom stereocenters. The van der Waals surface area contributed by atoms with Crippen molar-refractivity contribution in [1.29, 1.82) is 5.26 Å². The topological polar surface area (TPSA) is 102 Å². The highest BCUT2D eigenvalue weighted by Gasteiger charge is 2.34. The van der Waals surface area contributed by atoms with Gasteiger partial charge in [-0.2, -0.15) is 5.26 Å². The lowest BCUT2D eigenvalue weighted by Crippen LogP contribution is -2.38. The van der Waals surface area contributed by atoms with Crippen molar-refractivity contribution in [1.82, 2.24) is 15.5 Å². The van der Waals surface area contributed by atoms with Crippen molar-refractivity contribution >= 4 is 33.8 Å². The van der Waals surface area contributed by atoms with Crippen molar-refractivity contribution < 1.29 is 14.4 Å². The van der Waals surface area contributed by atoms with E-state index < -0.39 is 0 Å². The van der Waals surface area contributed by atoms with E-state index in [1.165, 1.54) is 4.90 Å². The third-order valence-corrected chi connectivity index (χ3v) is 3.79. The third kappa shape index (κ3) is 4.07. The van der Waals surface area contributed by atoms with Gasteiger partial charge in [-0.1, -0.05) is 15.9 Å². The van der Waals surface area contributed by atoms with Crippen LogP contribution in [0.15, 0.2) is 22.7 Å². The number of nitrogens with zero attached hydrogens (tertiary/aromatic N) is 2. The number of imide groups is 1. The van der Waals surface area contributed by atoms with E-state index >= 15 is 0 Å². The average Bonchev–Trinajstić information content (AvgIpc) is 2.75. The molecule has 8 heteroatoms. The fourth-order valence-corrected chi connectivity index (χ4v) is 2.56. The minimum Gasteiger partial charge on any atom is -0.338 e. The molecule has 7 nitrogen and oxygen atoms in total. The second kappa shape index (κ2) is 7.74. The number of nitriles is 1. The number of hydrogen-bond acceptors (Lipinski definition) is 4. The van der Waals surface area contributed by atoms with Crippen LogP contribution in [0.25, 0.3) is 0 Å². The van der Waals surface area contributed by atoms with Gasteiger partial charge in [-0.05, 0) is 24.6 Å². The van der Waals surface area contributed by atoms with Crippen LogP contribution in [0.5, 0.6) is 0 Å². The zero-order chi connectivity index (χ0) is 16.8. The highest BCUT2D eigenvalue weighted by atomic mass is 79.9. The van der Waals surface area contributed by atoms with Crippen molar-refractivity contribution in [3.63, 3.8) is 0 Å². The molecule has 1 aliphatic heterocycles. The Labute approximate surface area is 141 Å². The number of amides is 4. The van der Waals surface area contributed by atoms with Gasteiger partial charge in [0.15, 0.2) is 0 Å². The molecular weight excluding hydrogens is 364 g/mol. The molecule has 4 amide bonds. The lowest BCUT2D eigenvalue weighted by atomic mass is 10.1. The van der Waals surface area contributed by atoms with Crippen LogP contribution in [-0.2, 0) is 0 Å². The summed E-state index contributed by atoms with van der Waals surface area (Å²) in [4.78, 5) is 37.0. The van der Waals surface area contributed by atoms with Crippen LogP contribution in [0.3, 0.4) is 0 Å². The first-order chi connectivity index (χ1) is 11.0. The summed E-state index contributed by atoms with van der Waals surface area (Å²) < 4.78 is 0.745. The first-order valence-corrected chi connectivity index (χ1v) is 7.88. The normalized spacial score (nSPS) is 12.8. The molecule has 1 aliphatic rings. The van der Waals surface area contributed by atoms with E-state index in [0.29, 0.717) is 24.1 Å². The zero-order valence-electron chi connectivity index (χ0n) is 12.3. The third-order valence-electron chi connectivity index (χ3n) is 3.30. The quantitative estimate of drug-likeness (QED) is 0.580. The minimum absolute atomic E-state index is 0.239. The van der Waals surface area contributed by atoms with Gasteiger partial charge in [0.2, 0.25) is 0 Å². The zero-order valence-corrected chi connectivity index (χ0v) is 13.9. The summed E-state index contributed by atoms with van der Waals surface area (Å²) in [6, 6.07) is 6.54. The summed E-state index contributed by atoms with van der Waals surface area (Å²) in [6.07, 6.45) is 0.705. The maximum absolute atomic E-state index is 12.2. The number of urea groups is 1. The van der Waals surface area contributed by atoms with E-state index in [4.69, 9.17) is 5.26 Å². The van der Waals surface area contributed by atoms with E-state index in [-0.39, 0.29) is 37.4 Å². The predicted molar refractivity (Wildman–Crippen MR) is 85.8 cm³/mol. The Morgan fingerprint density at radius 2 is 1.87 bits per heavy atom. The number of rotatable bonds is 6. The summed E-state index contributed by atoms with van der Waals surface area (Å²) in [5.74, 6) is -0.624. The first-order valence-electron chi connectivity index (χ1n) is 7.09. The lowest BCUT2D eigenvalue weighted by Gasteiger charge is -2.13. The summed E-state index contributed by atoms with van der Waals surface area (Å²) >= 11 is 3.28. The Morgan fingerprint density at radius 1 is 1.17 bits per heavy atom. The van der Waals surface area contributed by atoms with Crippen molar-refractivity contribution in [2.45, 2.75) is 12.8 Å². The highest BCUT2D eigenvalue weighted by molar-refractivity contribution is 9.10. The van der Waals surface area contributed by atoms with E-state index in [1.807, 2.05) is 6.07 Å². The number of benzene rings is 1. The summed E-state index contributed by atoms with van der Waals surface area (Å²) in [5, 5.41) is 13.5. The van der Waals surface area contributed by atoms with Crippen LogP contribution in [0, 0.1) is 11.3 Å². The van der Waals surface area contributed by atoms with Crippen molar-refractivity contribution in [2.24, 2.45) is 0 Å². The molecule has 1 aromatic rings. The maximum atomic E-state index is 12.2. The minimum atomic E-state index is -0.369. The number of halogens is 1. The SMILES string of the molecule is N#CCCNC(=O)NCCCN1C(=O)c2ccc(Br)cc2C1=O. The fraction of sp³-hybridized carbons (Fsp3) is 0.333. The Bertz CT molecular complexity index is 684. The Morgan fingerprint density at radius 3 is 2.61 bits per heavy atom. The molecule has 0 bridgehead atoms. The summed E-state index contributed by atoms with van der Waals surface area (Å²) in [6.45, 7) is 0.855. The van der Waals surface area contributed by atoms with Gasteiger partial charge in [0.05, 0.1) is 23.6 Å². The van der Waals surface area contributed by atoms with Gasteiger partial charge in [-0.15, -0.1) is 0 Å². The molecule has 1 heterocycles. The van der Waals surface area contributed by atoms with E-state index in [9.17, 15) is 14.4 Å². The number of hydrogen-bond donors (Lipinski definition) is 2. The number of nitrogens with one attached hydrogen (secondary N) is 2. The van der Waals surface area contributed by atoms with E-state index in [1.54, 1.807) is 18.2 Å². The van der Waals surface area contributed by atoms with Crippen LogP contribution in [-0.4, -0.2) is 42.4 Å². The number of fused-ring (bicyclic) bond motifs is 1. The van der Waals surface area contributed by atoms with Gasteiger partial charge in [-0.3, -0.25) is 14.5 Å². The first kappa shape index (κ1) is 17.0. The smallest absolute Gasteiger partial charge is 0.314 e. The molecule has 0 aliphatic carbocycles. The second-order valence-corrected chi connectivity index (χ2v) is 5.81. The van der Waals surface area contributed by atoms with Crippen LogP contribution in [0.4, 0.5) is 4.79 Å². The van der Waals surface area contributed by atoms with Crippen molar-refractivity contribution in [2.75, 3.05) is 19.6 Å². The molecular formula is C15H15BrN4O3. The van der Waals surface area contributed by atoms with E-state index in [0.717, 1.165) is 4.47 Å². The second-order valence-electron chi connectivity index (χ2n) is 4.90. The number of carbonyl (C=O) groups is 3. The molecule has 0 radical (unpaired) electrons. The fourth-order valence-electron chi connectivity index (χ4n) is 2.20. The molecule has 1 aromatic carbocycles. The van der Waals surface area contributed by atoms with Gasteiger partial charge in [0.1, 0.15) is 0 Å². The van der Waals surface area contributed by atoms with Gasteiger partial charge in [0.25, 0.3) is 11.8 Å². The Hall–Kier alpha value is -2.40. The highest BCUT2D eigenvalue weighted by Crippen LogP contribution is 2.25. The Kier molecular flexibility index (Phi) is 5.71. The van der Waals surface area contributed by atoms with Crippen LogP contribution >= 0.6 is 15.9 Å². The van der Waals surface area contributed by atoms with Crippen LogP contribution < -0.4 is 10.6 Å². The molecule has 0 saturated heterocycles. The van der Waals surface area contributed by atoms with Gasteiger partial charge < -0.3 is 10.6 Å². The number of carbonyl (C=O) groups excluding carboxylic acids is 3. The van der Waals surface area contributed by atoms with Gasteiger partial charge >= 0.3 is 6.03 Å². The van der Waals surface area contributed by atoms with Crippen molar-refractivity contribution in [3.8, 4) is 6.07 Å². The largest absolute Gasteiger partial charge is 0.338 e. The van der Waals surface area contributed by atoms with Crippen LogP contribution in [0.1, 0.15) is 33.6 Å². The molecule has 0 fully saturated rings. The molecule has 0 spiro atoms. The molecule has 23 heavy (non-hydrogen) atoms.